The van der Waals surface area contributed by atoms with Gasteiger partial charge in [-0.2, -0.15) is 4.98 Å². The van der Waals surface area contributed by atoms with Crippen molar-refractivity contribution in [3.63, 3.8) is 0 Å². The summed E-state index contributed by atoms with van der Waals surface area (Å²) in [4.78, 5) is 13.3. The van der Waals surface area contributed by atoms with Crippen LogP contribution in [0.1, 0.15) is 30.5 Å². The van der Waals surface area contributed by atoms with Crippen LogP contribution in [0.5, 0.6) is 0 Å². The fourth-order valence-corrected chi connectivity index (χ4v) is 2.73. The number of β-amino-alcohol motifs (C(OH)–C–C–N with tert-alkyl or cyclic N) is 1. The molecule has 0 aromatic carbocycles. The summed E-state index contributed by atoms with van der Waals surface area (Å²) in [6.45, 7) is 7.90. The normalized spacial score (nSPS) is 19.2. The minimum absolute atomic E-state index is 0.142. The van der Waals surface area contributed by atoms with Gasteiger partial charge in [0, 0.05) is 38.4 Å². The van der Waals surface area contributed by atoms with E-state index in [1.807, 2.05) is 25.9 Å². The van der Waals surface area contributed by atoms with E-state index in [1.165, 1.54) is 0 Å². The van der Waals surface area contributed by atoms with Gasteiger partial charge in [0.2, 0.25) is 5.95 Å². The average Bonchev–Trinajstić information content (AvgIpc) is 2.47. The zero-order chi connectivity index (χ0) is 16.1. The Morgan fingerprint density at radius 1 is 1.32 bits per heavy atom. The minimum atomic E-state index is -0.142. The molecule has 6 nitrogen and oxygen atoms in total. The molecule has 0 aliphatic carbocycles. The summed E-state index contributed by atoms with van der Waals surface area (Å²) in [6, 6.07) is 0. The van der Waals surface area contributed by atoms with Gasteiger partial charge < -0.3 is 20.2 Å². The van der Waals surface area contributed by atoms with E-state index in [1.54, 1.807) is 0 Å². The van der Waals surface area contributed by atoms with Gasteiger partial charge >= 0.3 is 0 Å². The molecule has 0 saturated carbocycles. The fraction of sp³-hybridized carbons (Fsp3) is 0.750. The summed E-state index contributed by atoms with van der Waals surface area (Å²) >= 11 is 0. The maximum absolute atomic E-state index is 9.68. The number of hydrogen-bond acceptors (Lipinski definition) is 6. The van der Waals surface area contributed by atoms with Crippen molar-refractivity contribution in [1.29, 1.82) is 0 Å². The van der Waals surface area contributed by atoms with Crippen LogP contribution in [0.15, 0.2) is 0 Å². The predicted molar refractivity (Wildman–Crippen MR) is 90.6 cm³/mol. The number of piperidine rings is 1. The lowest BCUT2D eigenvalue weighted by atomic mass is 10.1. The zero-order valence-corrected chi connectivity index (χ0v) is 14.3. The Morgan fingerprint density at radius 2 is 2.09 bits per heavy atom. The van der Waals surface area contributed by atoms with Crippen LogP contribution in [-0.2, 0) is 0 Å². The molecule has 6 heteroatoms. The molecule has 124 valence electrons. The van der Waals surface area contributed by atoms with Crippen molar-refractivity contribution in [3.05, 3.63) is 11.3 Å². The molecule has 0 radical (unpaired) electrons. The van der Waals surface area contributed by atoms with Crippen LogP contribution in [0.3, 0.4) is 0 Å². The van der Waals surface area contributed by atoms with Gasteiger partial charge in [0.15, 0.2) is 0 Å². The second-order valence-corrected chi connectivity index (χ2v) is 6.35. The van der Waals surface area contributed by atoms with Crippen molar-refractivity contribution in [2.45, 2.75) is 39.2 Å². The van der Waals surface area contributed by atoms with E-state index in [4.69, 9.17) is 0 Å². The highest BCUT2D eigenvalue weighted by Crippen LogP contribution is 2.18. The van der Waals surface area contributed by atoms with Crippen molar-refractivity contribution in [2.75, 3.05) is 50.5 Å². The van der Waals surface area contributed by atoms with E-state index >= 15 is 0 Å². The lowest BCUT2D eigenvalue weighted by Crippen LogP contribution is -2.39. The molecule has 0 spiro atoms. The Balaban J connectivity index is 1.83. The molecule has 1 aromatic heterocycles. The van der Waals surface area contributed by atoms with Crippen LogP contribution >= 0.6 is 0 Å². The van der Waals surface area contributed by atoms with Crippen LogP contribution in [-0.4, -0.2) is 66.4 Å². The first-order chi connectivity index (χ1) is 10.5. The molecule has 1 aromatic rings. The molecular weight excluding hydrogens is 278 g/mol. The highest BCUT2D eigenvalue weighted by atomic mass is 16.3. The molecule has 1 unspecified atom stereocenters. The molecule has 2 rings (SSSR count). The van der Waals surface area contributed by atoms with Gasteiger partial charge in [0.05, 0.1) is 6.10 Å². The van der Waals surface area contributed by atoms with Gasteiger partial charge in [0.25, 0.3) is 0 Å². The van der Waals surface area contributed by atoms with Gasteiger partial charge in [-0.15, -0.1) is 0 Å². The summed E-state index contributed by atoms with van der Waals surface area (Å²) in [5.74, 6) is 1.67. The van der Waals surface area contributed by atoms with E-state index in [0.717, 1.165) is 68.5 Å². The molecule has 0 bridgehead atoms. The van der Waals surface area contributed by atoms with Gasteiger partial charge in [-0.1, -0.05) is 0 Å². The largest absolute Gasteiger partial charge is 0.392 e. The number of hydrogen-bond donors (Lipinski definition) is 2. The summed E-state index contributed by atoms with van der Waals surface area (Å²) < 4.78 is 0. The Labute approximate surface area is 133 Å². The van der Waals surface area contributed by atoms with Crippen LogP contribution < -0.4 is 10.2 Å². The van der Waals surface area contributed by atoms with E-state index in [-0.39, 0.29) is 6.10 Å². The average molecular weight is 307 g/mol. The Bertz CT molecular complexity index is 492. The van der Waals surface area contributed by atoms with Gasteiger partial charge in [-0.25, -0.2) is 4.98 Å². The van der Waals surface area contributed by atoms with Gasteiger partial charge in [-0.3, -0.25) is 0 Å². The van der Waals surface area contributed by atoms with Crippen molar-refractivity contribution < 1.29 is 5.11 Å². The van der Waals surface area contributed by atoms with Crippen molar-refractivity contribution >= 4 is 11.8 Å². The maximum atomic E-state index is 9.68. The molecule has 1 atom stereocenters. The highest BCUT2D eigenvalue weighted by molar-refractivity contribution is 5.50. The number of likely N-dealkylation sites (tertiary alicyclic amines) is 1. The molecule has 22 heavy (non-hydrogen) atoms. The number of rotatable bonds is 6. The molecule has 1 saturated heterocycles. The summed E-state index contributed by atoms with van der Waals surface area (Å²) in [5.41, 5.74) is 2.12. The monoisotopic (exact) mass is 307 g/mol. The number of aliphatic hydroxyl groups is 1. The topological polar surface area (TPSA) is 64.5 Å². The van der Waals surface area contributed by atoms with Crippen molar-refractivity contribution in [1.82, 2.24) is 14.9 Å². The summed E-state index contributed by atoms with van der Waals surface area (Å²) in [6.07, 6.45) is 2.95. The number of anilines is 2. The first-order valence-corrected chi connectivity index (χ1v) is 8.14. The quantitative estimate of drug-likeness (QED) is 0.775. The zero-order valence-electron chi connectivity index (χ0n) is 14.3. The first kappa shape index (κ1) is 17.0. The predicted octanol–water partition coefficient (Wildman–Crippen LogP) is 1.42. The number of aromatic nitrogens is 2. The molecule has 2 N–H and O–H groups in total. The van der Waals surface area contributed by atoms with Crippen molar-refractivity contribution in [3.8, 4) is 0 Å². The number of nitrogens with zero attached hydrogens (tertiary/aromatic N) is 4. The molecule has 1 aliphatic rings. The van der Waals surface area contributed by atoms with E-state index in [2.05, 4.69) is 27.1 Å². The maximum Gasteiger partial charge on any atom is 0.227 e. The Hall–Kier alpha value is -1.40. The van der Waals surface area contributed by atoms with Crippen LogP contribution in [0.2, 0.25) is 0 Å². The smallest absolute Gasteiger partial charge is 0.227 e. The van der Waals surface area contributed by atoms with Crippen LogP contribution in [0.25, 0.3) is 0 Å². The third-order valence-electron chi connectivity index (χ3n) is 4.20. The fourth-order valence-electron chi connectivity index (χ4n) is 2.73. The molecule has 2 heterocycles. The van der Waals surface area contributed by atoms with Gasteiger partial charge in [-0.05, 0) is 46.2 Å². The van der Waals surface area contributed by atoms with Crippen LogP contribution in [0, 0.1) is 13.8 Å². The van der Waals surface area contributed by atoms with E-state index in [9.17, 15) is 5.11 Å². The third-order valence-corrected chi connectivity index (χ3v) is 4.20. The Morgan fingerprint density at radius 3 is 2.77 bits per heavy atom. The second-order valence-electron chi connectivity index (χ2n) is 6.35. The van der Waals surface area contributed by atoms with Gasteiger partial charge in [0.1, 0.15) is 5.82 Å². The summed E-state index contributed by atoms with van der Waals surface area (Å²) in [7, 11) is 3.91. The number of aliphatic hydroxyl groups excluding tert-OH is 1. The molecule has 1 fully saturated rings. The number of nitrogens with one attached hydrogen (secondary N) is 1. The molecule has 1 aliphatic heterocycles. The molecule has 0 amide bonds. The van der Waals surface area contributed by atoms with E-state index < -0.39 is 0 Å². The lowest BCUT2D eigenvalue weighted by molar-refractivity contribution is 0.0706. The van der Waals surface area contributed by atoms with Crippen molar-refractivity contribution in [2.24, 2.45) is 0 Å². The highest BCUT2D eigenvalue weighted by Gasteiger charge is 2.16. The molecular formula is C16H29N5O. The Kier molecular flexibility index (Phi) is 5.97. The minimum Gasteiger partial charge on any atom is -0.392 e. The van der Waals surface area contributed by atoms with E-state index in [0.29, 0.717) is 0 Å². The SMILES string of the molecule is Cc1nc(N(C)C)nc(NCCCN2CCCC(O)C2)c1C. The number of aryl methyl sites for hydroxylation is 1. The lowest BCUT2D eigenvalue weighted by Gasteiger charge is -2.29. The standard InChI is InChI=1S/C16H29N5O/c1-12-13(2)18-16(20(3)4)19-15(12)17-8-6-10-21-9-5-7-14(22)11-21/h14,22H,5-11H2,1-4H3,(H,17,18,19). The second kappa shape index (κ2) is 7.74. The first-order valence-electron chi connectivity index (χ1n) is 8.14. The summed E-state index contributed by atoms with van der Waals surface area (Å²) in [5, 5.41) is 13.1. The third kappa shape index (κ3) is 4.55. The van der Waals surface area contributed by atoms with Crippen LogP contribution in [0.4, 0.5) is 11.8 Å².